The van der Waals surface area contributed by atoms with Gasteiger partial charge in [-0.2, -0.15) is 0 Å². The molecule has 0 saturated carbocycles. The molecule has 4 aromatic rings. The number of anilines is 1. The number of nitrogens with two attached hydrogens (primary N) is 2. The summed E-state index contributed by atoms with van der Waals surface area (Å²) in [6.07, 6.45) is 0.644. The third-order valence-corrected chi connectivity index (χ3v) is 8.49. The highest BCUT2D eigenvalue weighted by Crippen LogP contribution is 2.33. The Bertz CT molecular complexity index is 1740. The summed E-state index contributed by atoms with van der Waals surface area (Å²) in [5, 5.41) is 5.13. The van der Waals surface area contributed by atoms with E-state index in [0.717, 1.165) is 16.3 Å². The van der Waals surface area contributed by atoms with Crippen LogP contribution in [0.3, 0.4) is 0 Å². The van der Waals surface area contributed by atoms with Crippen molar-refractivity contribution in [3.8, 4) is 0 Å². The largest absolute Gasteiger partial charge is 0.368 e. The fourth-order valence-corrected chi connectivity index (χ4v) is 6.26. The number of rotatable bonds is 9. The van der Waals surface area contributed by atoms with Crippen LogP contribution in [0.15, 0.2) is 91.0 Å². The number of nitrogens with zero attached hydrogens (tertiary/aromatic N) is 2. The summed E-state index contributed by atoms with van der Waals surface area (Å²) in [6, 6.07) is 25.2. The van der Waals surface area contributed by atoms with Crippen LogP contribution in [0.1, 0.15) is 36.1 Å². The summed E-state index contributed by atoms with van der Waals surface area (Å²) in [5.41, 5.74) is 14.0. The Labute approximate surface area is 267 Å². The molecule has 3 atom stereocenters. The zero-order valence-corrected chi connectivity index (χ0v) is 25.7. The van der Waals surface area contributed by atoms with E-state index in [9.17, 15) is 19.2 Å². The molecule has 0 spiro atoms. The van der Waals surface area contributed by atoms with Gasteiger partial charge in [0.1, 0.15) is 12.1 Å². The first-order valence-electron chi connectivity index (χ1n) is 14.9. The van der Waals surface area contributed by atoms with Gasteiger partial charge in [-0.25, -0.2) is 0 Å². The molecule has 4 amide bonds. The number of amides is 4. The minimum absolute atomic E-state index is 0.0176. The molecule has 1 aliphatic rings. The number of nitrogens with one attached hydrogen (secondary N) is 1. The maximum absolute atomic E-state index is 14.6. The topological polar surface area (TPSA) is 139 Å². The molecule has 232 valence electrons. The monoisotopic (exact) mass is 625 g/mol. The van der Waals surface area contributed by atoms with Crippen LogP contribution in [0.25, 0.3) is 10.8 Å². The first-order valence-corrected chi connectivity index (χ1v) is 15.3. The second kappa shape index (κ2) is 13.9. The summed E-state index contributed by atoms with van der Waals surface area (Å²) in [6.45, 7) is 1.97. The third-order valence-electron chi connectivity index (χ3n) is 8.26. The van der Waals surface area contributed by atoms with Crippen molar-refractivity contribution in [2.45, 2.75) is 44.3 Å². The SMILES string of the molecule is C[C@@H]1CCN([C@H](Cc2cccc3ccccc23)C(N)=O)C(=O)[C@H](c2cccc(Cl)c2)N1C(=O)Cc1cccc(NC(=O)CN)c1. The van der Waals surface area contributed by atoms with Gasteiger partial charge in [-0.3, -0.25) is 19.2 Å². The lowest BCUT2D eigenvalue weighted by Gasteiger charge is -2.36. The Hall–Kier alpha value is -4.73. The molecule has 1 fully saturated rings. The normalized spacial score (nSPS) is 17.5. The molecule has 4 aromatic carbocycles. The van der Waals surface area contributed by atoms with E-state index in [2.05, 4.69) is 5.32 Å². The molecule has 0 aliphatic carbocycles. The lowest BCUT2D eigenvalue weighted by atomic mass is 9.96. The van der Waals surface area contributed by atoms with Crippen molar-refractivity contribution in [3.05, 3.63) is 113 Å². The van der Waals surface area contributed by atoms with Crippen molar-refractivity contribution >= 4 is 51.7 Å². The number of hydrogen-bond donors (Lipinski definition) is 3. The number of hydrogen-bond acceptors (Lipinski definition) is 5. The summed E-state index contributed by atoms with van der Waals surface area (Å²) < 4.78 is 0. The molecular formula is C35H36ClN5O4. The van der Waals surface area contributed by atoms with Crippen molar-refractivity contribution in [2.75, 3.05) is 18.4 Å². The average Bonchev–Trinajstić information content (AvgIpc) is 3.15. The molecule has 9 nitrogen and oxygen atoms in total. The van der Waals surface area contributed by atoms with Crippen LogP contribution < -0.4 is 16.8 Å². The van der Waals surface area contributed by atoms with Crippen LogP contribution in [-0.2, 0) is 32.0 Å². The number of carbonyl (C=O) groups excluding carboxylic acids is 4. The van der Waals surface area contributed by atoms with Gasteiger partial charge in [0.05, 0.1) is 13.0 Å². The Morgan fingerprint density at radius 1 is 0.978 bits per heavy atom. The Balaban J connectivity index is 1.50. The molecule has 45 heavy (non-hydrogen) atoms. The zero-order chi connectivity index (χ0) is 32.1. The summed E-state index contributed by atoms with van der Waals surface area (Å²) >= 11 is 6.38. The average molecular weight is 626 g/mol. The first-order chi connectivity index (χ1) is 21.7. The Kier molecular flexibility index (Phi) is 9.80. The van der Waals surface area contributed by atoms with Gasteiger partial charge in [0.15, 0.2) is 0 Å². The molecule has 5 N–H and O–H groups in total. The van der Waals surface area contributed by atoms with Gasteiger partial charge in [-0.15, -0.1) is 0 Å². The maximum atomic E-state index is 14.6. The number of benzene rings is 4. The van der Waals surface area contributed by atoms with Gasteiger partial charge in [-0.05, 0) is 65.1 Å². The highest BCUT2D eigenvalue weighted by molar-refractivity contribution is 6.30. The predicted molar refractivity (Wildman–Crippen MR) is 175 cm³/mol. The summed E-state index contributed by atoms with van der Waals surface area (Å²) in [4.78, 5) is 56.7. The van der Waals surface area contributed by atoms with E-state index >= 15 is 0 Å². The van der Waals surface area contributed by atoms with Crippen LogP contribution >= 0.6 is 11.6 Å². The number of primary amides is 1. The number of fused-ring (bicyclic) bond motifs is 1. The van der Waals surface area contributed by atoms with E-state index in [1.54, 1.807) is 53.4 Å². The summed E-state index contributed by atoms with van der Waals surface area (Å²) in [5.74, 6) is -1.65. The van der Waals surface area contributed by atoms with Crippen LogP contribution in [-0.4, -0.2) is 58.6 Å². The molecule has 0 unspecified atom stereocenters. The highest BCUT2D eigenvalue weighted by Gasteiger charge is 2.43. The Morgan fingerprint density at radius 2 is 1.71 bits per heavy atom. The third kappa shape index (κ3) is 7.16. The lowest BCUT2D eigenvalue weighted by molar-refractivity contribution is -0.148. The van der Waals surface area contributed by atoms with Crippen molar-refractivity contribution in [2.24, 2.45) is 11.5 Å². The quantitative estimate of drug-likeness (QED) is 0.256. The van der Waals surface area contributed by atoms with E-state index in [-0.39, 0.29) is 43.8 Å². The van der Waals surface area contributed by atoms with Crippen LogP contribution in [0.2, 0.25) is 5.02 Å². The van der Waals surface area contributed by atoms with Crippen molar-refractivity contribution in [1.82, 2.24) is 9.80 Å². The van der Waals surface area contributed by atoms with Gasteiger partial charge in [0.25, 0.3) is 5.91 Å². The Morgan fingerprint density at radius 3 is 2.47 bits per heavy atom. The zero-order valence-electron chi connectivity index (χ0n) is 25.0. The molecule has 1 saturated heterocycles. The molecule has 5 rings (SSSR count). The van der Waals surface area contributed by atoms with E-state index in [1.165, 1.54) is 4.90 Å². The van der Waals surface area contributed by atoms with Gasteiger partial charge in [-0.1, -0.05) is 78.3 Å². The van der Waals surface area contributed by atoms with Gasteiger partial charge < -0.3 is 26.6 Å². The van der Waals surface area contributed by atoms with E-state index in [1.807, 2.05) is 49.4 Å². The second-order valence-electron chi connectivity index (χ2n) is 11.3. The van der Waals surface area contributed by atoms with Crippen LogP contribution in [0, 0.1) is 0 Å². The molecule has 1 heterocycles. The van der Waals surface area contributed by atoms with E-state index in [4.69, 9.17) is 23.1 Å². The second-order valence-corrected chi connectivity index (χ2v) is 11.8. The minimum atomic E-state index is -1.04. The van der Waals surface area contributed by atoms with Crippen molar-refractivity contribution in [1.29, 1.82) is 0 Å². The fraction of sp³-hybridized carbons (Fsp3) is 0.257. The lowest BCUT2D eigenvalue weighted by Crippen LogP contribution is -2.52. The standard InChI is InChI=1S/C35H36ClN5O4/c1-22-15-16-40(30(34(38)44)20-25-10-5-9-24-8-2-3-14-29(24)25)35(45)33(26-11-6-12-27(36)19-26)41(22)32(43)18-23-7-4-13-28(17-23)39-31(42)21-37/h2-14,17,19,22,30,33H,15-16,18,20-21,37H2,1H3,(H2,38,44)(H,39,42)/t22-,30-,33+/m1/s1. The number of carbonyl (C=O) groups is 4. The maximum Gasteiger partial charge on any atom is 0.250 e. The highest BCUT2D eigenvalue weighted by atomic mass is 35.5. The predicted octanol–water partition coefficient (Wildman–Crippen LogP) is 4.22. The fourth-order valence-electron chi connectivity index (χ4n) is 6.06. The molecule has 1 aliphatic heterocycles. The summed E-state index contributed by atoms with van der Waals surface area (Å²) in [7, 11) is 0. The number of halogens is 1. The molecule has 0 radical (unpaired) electrons. The van der Waals surface area contributed by atoms with E-state index < -0.39 is 23.9 Å². The van der Waals surface area contributed by atoms with Gasteiger partial charge >= 0.3 is 0 Å². The molecular weight excluding hydrogens is 590 g/mol. The molecule has 10 heteroatoms. The van der Waals surface area contributed by atoms with Gasteiger partial charge in [0.2, 0.25) is 17.7 Å². The minimum Gasteiger partial charge on any atom is -0.368 e. The van der Waals surface area contributed by atoms with Crippen LogP contribution in [0.5, 0.6) is 0 Å². The van der Waals surface area contributed by atoms with Crippen molar-refractivity contribution < 1.29 is 19.2 Å². The molecule has 0 bridgehead atoms. The smallest absolute Gasteiger partial charge is 0.250 e. The molecule has 0 aromatic heterocycles. The van der Waals surface area contributed by atoms with Gasteiger partial charge in [0, 0.05) is 29.7 Å². The first kappa shape index (κ1) is 31.7. The van der Waals surface area contributed by atoms with Crippen LogP contribution in [0.4, 0.5) is 5.69 Å². The van der Waals surface area contributed by atoms with E-state index in [0.29, 0.717) is 28.3 Å². The van der Waals surface area contributed by atoms with Crippen molar-refractivity contribution in [3.63, 3.8) is 0 Å².